The molecule has 0 spiro atoms. The van der Waals surface area contributed by atoms with Crippen LogP contribution >= 0.6 is 0 Å². The fourth-order valence-corrected chi connectivity index (χ4v) is 2.26. The number of halogens is 3. The average Bonchev–Trinajstić information content (AvgIpc) is 2.53. The van der Waals surface area contributed by atoms with Crippen LogP contribution < -0.4 is 5.32 Å². The zero-order chi connectivity index (χ0) is 17.6. The molecule has 0 aromatic heterocycles. The molecule has 0 radical (unpaired) electrons. The van der Waals surface area contributed by atoms with E-state index in [0.29, 0.717) is 13.1 Å². The fraction of sp³-hybridized carbons (Fsp3) is 0.278. The molecule has 1 N–H and O–H groups in total. The third-order valence-electron chi connectivity index (χ3n) is 3.48. The SMILES string of the molecule is CN(CC(=O)NCc1ccccc1)Cc1ccc(C(F)(F)F)cc1. The monoisotopic (exact) mass is 336 g/mol. The third-order valence-corrected chi connectivity index (χ3v) is 3.48. The van der Waals surface area contributed by atoms with Gasteiger partial charge in [-0.25, -0.2) is 0 Å². The number of rotatable bonds is 6. The molecule has 0 heterocycles. The molecular formula is C18H19F3N2O. The quantitative estimate of drug-likeness (QED) is 0.876. The normalized spacial score (nSPS) is 11.5. The molecule has 0 aliphatic rings. The average molecular weight is 336 g/mol. The Morgan fingerprint density at radius 1 is 1.00 bits per heavy atom. The predicted octanol–water partition coefficient (Wildman–Crippen LogP) is 3.45. The summed E-state index contributed by atoms with van der Waals surface area (Å²) < 4.78 is 37.5. The van der Waals surface area contributed by atoms with E-state index in [-0.39, 0.29) is 12.5 Å². The van der Waals surface area contributed by atoms with Crippen LogP contribution in [0.1, 0.15) is 16.7 Å². The van der Waals surface area contributed by atoms with Crippen LogP contribution in [0.2, 0.25) is 0 Å². The molecular weight excluding hydrogens is 317 g/mol. The Bertz CT molecular complexity index is 654. The lowest BCUT2D eigenvalue weighted by molar-refractivity contribution is -0.137. The number of benzene rings is 2. The zero-order valence-electron chi connectivity index (χ0n) is 13.3. The van der Waals surface area contributed by atoms with Crippen molar-refractivity contribution < 1.29 is 18.0 Å². The molecule has 0 bridgehead atoms. The highest BCUT2D eigenvalue weighted by molar-refractivity contribution is 5.77. The second-order valence-corrected chi connectivity index (χ2v) is 5.63. The summed E-state index contributed by atoms with van der Waals surface area (Å²) in [6.07, 6.45) is -4.33. The van der Waals surface area contributed by atoms with E-state index in [0.717, 1.165) is 23.3 Å². The zero-order valence-corrected chi connectivity index (χ0v) is 13.3. The summed E-state index contributed by atoms with van der Waals surface area (Å²) in [7, 11) is 1.75. The van der Waals surface area contributed by atoms with Crippen molar-refractivity contribution in [1.29, 1.82) is 0 Å². The van der Waals surface area contributed by atoms with E-state index in [1.165, 1.54) is 12.1 Å². The van der Waals surface area contributed by atoms with Crippen molar-refractivity contribution in [3.63, 3.8) is 0 Å². The van der Waals surface area contributed by atoms with Gasteiger partial charge in [-0.2, -0.15) is 13.2 Å². The van der Waals surface area contributed by atoms with E-state index in [1.54, 1.807) is 11.9 Å². The molecule has 0 unspecified atom stereocenters. The van der Waals surface area contributed by atoms with Crippen LogP contribution in [0.4, 0.5) is 13.2 Å². The number of amides is 1. The van der Waals surface area contributed by atoms with E-state index < -0.39 is 11.7 Å². The van der Waals surface area contributed by atoms with Crippen LogP contribution in [-0.4, -0.2) is 24.4 Å². The highest BCUT2D eigenvalue weighted by atomic mass is 19.4. The number of nitrogens with one attached hydrogen (secondary N) is 1. The third kappa shape index (κ3) is 5.70. The first-order valence-corrected chi connectivity index (χ1v) is 7.50. The minimum absolute atomic E-state index is 0.131. The molecule has 24 heavy (non-hydrogen) atoms. The minimum atomic E-state index is -4.33. The molecule has 1 amide bonds. The van der Waals surface area contributed by atoms with Crippen molar-refractivity contribution in [2.75, 3.05) is 13.6 Å². The van der Waals surface area contributed by atoms with Crippen molar-refractivity contribution in [3.8, 4) is 0 Å². The van der Waals surface area contributed by atoms with E-state index in [2.05, 4.69) is 5.32 Å². The Hall–Kier alpha value is -2.34. The lowest BCUT2D eigenvalue weighted by atomic mass is 10.1. The Morgan fingerprint density at radius 2 is 1.62 bits per heavy atom. The number of carbonyl (C=O) groups excluding carboxylic acids is 1. The molecule has 0 aliphatic carbocycles. The first kappa shape index (κ1) is 18.0. The summed E-state index contributed by atoms with van der Waals surface area (Å²) in [5.41, 5.74) is 1.06. The molecule has 3 nitrogen and oxygen atoms in total. The number of hydrogen-bond acceptors (Lipinski definition) is 2. The van der Waals surface area contributed by atoms with Gasteiger partial charge >= 0.3 is 6.18 Å². The fourth-order valence-electron chi connectivity index (χ4n) is 2.26. The van der Waals surface area contributed by atoms with E-state index in [4.69, 9.17) is 0 Å². The maximum absolute atomic E-state index is 12.5. The second kappa shape index (κ2) is 7.97. The molecule has 0 saturated heterocycles. The van der Waals surface area contributed by atoms with Crippen molar-refractivity contribution in [1.82, 2.24) is 10.2 Å². The van der Waals surface area contributed by atoms with Crippen LogP contribution in [0.3, 0.4) is 0 Å². The number of alkyl halides is 3. The van der Waals surface area contributed by atoms with Gasteiger partial charge in [0.25, 0.3) is 0 Å². The largest absolute Gasteiger partial charge is 0.416 e. The van der Waals surface area contributed by atoms with Gasteiger partial charge in [-0.3, -0.25) is 9.69 Å². The van der Waals surface area contributed by atoms with Crippen LogP contribution in [0.15, 0.2) is 54.6 Å². The number of carbonyl (C=O) groups is 1. The maximum Gasteiger partial charge on any atom is 0.416 e. The second-order valence-electron chi connectivity index (χ2n) is 5.63. The van der Waals surface area contributed by atoms with Gasteiger partial charge in [0.2, 0.25) is 5.91 Å². The summed E-state index contributed by atoms with van der Waals surface area (Å²) in [5.74, 6) is -0.131. The lowest BCUT2D eigenvalue weighted by Gasteiger charge is -2.17. The molecule has 0 atom stereocenters. The van der Waals surface area contributed by atoms with Gasteiger partial charge in [0.05, 0.1) is 12.1 Å². The van der Waals surface area contributed by atoms with Gasteiger partial charge in [0.15, 0.2) is 0 Å². The van der Waals surface area contributed by atoms with Crippen molar-refractivity contribution in [3.05, 3.63) is 71.3 Å². The highest BCUT2D eigenvalue weighted by Crippen LogP contribution is 2.29. The van der Waals surface area contributed by atoms with E-state index in [1.807, 2.05) is 30.3 Å². The van der Waals surface area contributed by atoms with E-state index in [9.17, 15) is 18.0 Å². The van der Waals surface area contributed by atoms with Crippen molar-refractivity contribution in [2.24, 2.45) is 0 Å². The highest BCUT2D eigenvalue weighted by Gasteiger charge is 2.29. The predicted molar refractivity (Wildman–Crippen MR) is 86.1 cm³/mol. The first-order valence-electron chi connectivity index (χ1n) is 7.50. The summed E-state index contributed by atoms with van der Waals surface area (Å²) in [4.78, 5) is 13.7. The number of nitrogens with zero attached hydrogens (tertiary/aromatic N) is 1. The minimum Gasteiger partial charge on any atom is -0.351 e. The standard InChI is InChI=1S/C18H19F3N2O/c1-23(12-15-7-9-16(10-8-15)18(19,20)21)13-17(24)22-11-14-5-3-2-4-6-14/h2-10H,11-13H2,1H3,(H,22,24). The Labute approximate surface area is 139 Å². The van der Waals surface area contributed by atoms with Crippen LogP contribution in [0.25, 0.3) is 0 Å². The van der Waals surface area contributed by atoms with Gasteiger partial charge in [0, 0.05) is 13.1 Å². The van der Waals surface area contributed by atoms with Gasteiger partial charge in [-0.1, -0.05) is 42.5 Å². The van der Waals surface area contributed by atoms with Crippen molar-refractivity contribution in [2.45, 2.75) is 19.3 Å². The Balaban J connectivity index is 1.80. The summed E-state index contributed by atoms with van der Waals surface area (Å²) in [6, 6.07) is 14.5. The summed E-state index contributed by atoms with van der Waals surface area (Å²) in [6.45, 7) is 1.03. The smallest absolute Gasteiger partial charge is 0.351 e. The first-order chi connectivity index (χ1) is 11.3. The van der Waals surface area contributed by atoms with Crippen LogP contribution in [0.5, 0.6) is 0 Å². The number of hydrogen-bond donors (Lipinski definition) is 1. The summed E-state index contributed by atoms with van der Waals surface area (Å²) in [5, 5.41) is 2.82. The number of likely N-dealkylation sites (N-methyl/N-ethyl adjacent to an activating group) is 1. The molecule has 0 aliphatic heterocycles. The van der Waals surface area contributed by atoms with Gasteiger partial charge in [0.1, 0.15) is 0 Å². The molecule has 2 rings (SSSR count). The van der Waals surface area contributed by atoms with Gasteiger partial charge in [-0.05, 0) is 30.3 Å². The molecule has 0 fully saturated rings. The van der Waals surface area contributed by atoms with E-state index >= 15 is 0 Å². The topological polar surface area (TPSA) is 32.3 Å². The summed E-state index contributed by atoms with van der Waals surface area (Å²) >= 11 is 0. The van der Waals surface area contributed by atoms with Gasteiger partial charge < -0.3 is 5.32 Å². The molecule has 6 heteroatoms. The maximum atomic E-state index is 12.5. The molecule has 0 saturated carbocycles. The molecule has 2 aromatic rings. The van der Waals surface area contributed by atoms with Crippen molar-refractivity contribution >= 4 is 5.91 Å². The Morgan fingerprint density at radius 3 is 2.21 bits per heavy atom. The molecule has 128 valence electrons. The van der Waals surface area contributed by atoms with Crippen LogP contribution in [-0.2, 0) is 24.1 Å². The van der Waals surface area contributed by atoms with Crippen LogP contribution in [0, 0.1) is 0 Å². The molecule has 2 aromatic carbocycles. The van der Waals surface area contributed by atoms with Gasteiger partial charge in [-0.15, -0.1) is 0 Å². The Kier molecular flexibility index (Phi) is 5.98. The lowest BCUT2D eigenvalue weighted by Crippen LogP contribution is -2.34.